The number of carbonyl (C=O) groups excluding carboxylic acids is 1. The molecular formula is C24H29N5O2. The van der Waals surface area contributed by atoms with Gasteiger partial charge in [-0.3, -0.25) is 4.79 Å². The molecule has 0 aromatic carbocycles. The van der Waals surface area contributed by atoms with Crippen molar-refractivity contribution in [3.05, 3.63) is 59.4 Å². The second-order valence-electron chi connectivity index (χ2n) is 9.15. The molecule has 0 unspecified atom stereocenters. The quantitative estimate of drug-likeness (QED) is 0.637. The minimum Gasteiger partial charge on any atom is -0.361 e. The van der Waals surface area contributed by atoms with Gasteiger partial charge in [0.2, 0.25) is 0 Å². The lowest BCUT2D eigenvalue weighted by atomic mass is 9.88. The summed E-state index contributed by atoms with van der Waals surface area (Å²) >= 11 is 0. The molecule has 1 atom stereocenters. The van der Waals surface area contributed by atoms with E-state index in [4.69, 9.17) is 9.51 Å². The van der Waals surface area contributed by atoms with Gasteiger partial charge < -0.3 is 18.9 Å². The molecule has 1 fully saturated rings. The van der Waals surface area contributed by atoms with Crippen molar-refractivity contribution in [3.8, 4) is 5.82 Å². The molecule has 162 valence electrons. The highest BCUT2D eigenvalue weighted by molar-refractivity contribution is 5.96. The zero-order valence-corrected chi connectivity index (χ0v) is 18.6. The van der Waals surface area contributed by atoms with Gasteiger partial charge in [0.25, 0.3) is 5.91 Å². The van der Waals surface area contributed by atoms with Crippen LogP contribution in [0.2, 0.25) is 0 Å². The van der Waals surface area contributed by atoms with Gasteiger partial charge in [-0.25, -0.2) is 4.98 Å². The van der Waals surface area contributed by atoms with Crippen LogP contribution in [0.5, 0.6) is 0 Å². The van der Waals surface area contributed by atoms with Gasteiger partial charge >= 0.3 is 0 Å². The summed E-state index contributed by atoms with van der Waals surface area (Å²) in [7, 11) is 0. The first-order chi connectivity index (χ1) is 14.9. The maximum absolute atomic E-state index is 13.4. The number of hydrogen-bond donors (Lipinski definition) is 0. The van der Waals surface area contributed by atoms with Crippen molar-refractivity contribution in [3.63, 3.8) is 0 Å². The fraction of sp³-hybridized carbons (Fsp3) is 0.458. The summed E-state index contributed by atoms with van der Waals surface area (Å²) in [5, 5.41) is 3.99. The number of likely N-dealkylation sites (tertiary alicyclic amines) is 1. The molecule has 0 bridgehead atoms. The molecule has 3 aromatic rings. The van der Waals surface area contributed by atoms with Gasteiger partial charge in [-0.15, -0.1) is 0 Å². The number of pyridine rings is 1. The van der Waals surface area contributed by atoms with Gasteiger partial charge in [-0.05, 0) is 56.9 Å². The molecule has 1 amide bonds. The second kappa shape index (κ2) is 7.25. The third-order valence-corrected chi connectivity index (χ3v) is 6.74. The van der Waals surface area contributed by atoms with Crippen LogP contribution in [0.15, 0.2) is 41.2 Å². The molecule has 0 aliphatic carbocycles. The second-order valence-corrected chi connectivity index (χ2v) is 9.15. The van der Waals surface area contributed by atoms with E-state index in [1.165, 1.54) is 5.69 Å². The lowest BCUT2D eigenvalue weighted by molar-refractivity contribution is 0.0779. The maximum Gasteiger partial charge on any atom is 0.259 e. The standard InChI is InChI=1S/C24H29N5O2/c1-16(2)9-13-29-19-7-5-11-25-22(19)28-12-6-8-20(28)24(29)10-14-27(15-24)23(30)21-17(3)26-31-18(21)4/h5-8,11-12,16H,9-10,13-15H2,1-4H3/t24-/m0/s1. The predicted octanol–water partition coefficient (Wildman–Crippen LogP) is 4.08. The SMILES string of the molecule is Cc1noc(C)c1C(=O)N1CC[C@]2(C1)c1cccn1-c1ncccc1N2CCC(C)C. The highest BCUT2D eigenvalue weighted by atomic mass is 16.5. The Kier molecular flexibility index (Phi) is 4.64. The van der Waals surface area contributed by atoms with Gasteiger partial charge in [0.1, 0.15) is 16.9 Å². The number of nitrogens with zero attached hydrogens (tertiary/aromatic N) is 5. The van der Waals surface area contributed by atoms with E-state index in [2.05, 4.69) is 52.9 Å². The van der Waals surface area contributed by atoms with E-state index in [0.29, 0.717) is 36.0 Å². The molecule has 0 saturated carbocycles. The topological polar surface area (TPSA) is 67.4 Å². The lowest BCUT2D eigenvalue weighted by Gasteiger charge is -2.47. The number of carbonyl (C=O) groups is 1. The molecule has 1 spiro atoms. The first-order valence-corrected chi connectivity index (χ1v) is 11.1. The van der Waals surface area contributed by atoms with Crippen LogP contribution in [0.3, 0.4) is 0 Å². The number of fused-ring (bicyclic) bond motifs is 4. The van der Waals surface area contributed by atoms with Crippen LogP contribution in [-0.2, 0) is 5.54 Å². The average molecular weight is 420 g/mol. The Morgan fingerprint density at radius 1 is 1.26 bits per heavy atom. The van der Waals surface area contributed by atoms with Gasteiger partial charge in [0.05, 0.1) is 17.1 Å². The van der Waals surface area contributed by atoms with Gasteiger partial charge in [-0.1, -0.05) is 19.0 Å². The molecule has 31 heavy (non-hydrogen) atoms. The van der Waals surface area contributed by atoms with Crippen molar-refractivity contribution in [2.24, 2.45) is 5.92 Å². The van der Waals surface area contributed by atoms with Gasteiger partial charge in [0, 0.05) is 32.0 Å². The van der Waals surface area contributed by atoms with E-state index < -0.39 is 0 Å². The van der Waals surface area contributed by atoms with Crippen molar-refractivity contribution >= 4 is 11.6 Å². The predicted molar refractivity (Wildman–Crippen MR) is 119 cm³/mol. The Morgan fingerprint density at radius 3 is 2.84 bits per heavy atom. The zero-order valence-electron chi connectivity index (χ0n) is 18.6. The molecule has 2 aliphatic rings. The fourth-order valence-electron chi connectivity index (χ4n) is 5.16. The van der Waals surface area contributed by atoms with Crippen LogP contribution in [0.4, 0.5) is 5.69 Å². The Balaban J connectivity index is 1.57. The van der Waals surface area contributed by atoms with Gasteiger partial charge in [-0.2, -0.15) is 0 Å². The molecule has 5 heterocycles. The first kappa shape index (κ1) is 19.8. The highest BCUT2D eigenvalue weighted by Gasteiger charge is 2.51. The molecule has 3 aromatic heterocycles. The summed E-state index contributed by atoms with van der Waals surface area (Å²) in [6, 6.07) is 8.43. The fourth-order valence-corrected chi connectivity index (χ4v) is 5.16. The van der Waals surface area contributed by atoms with Crippen LogP contribution in [0, 0.1) is 19.8 Å². The first-order valence-electron chi connectivity index (χ1n) is 11.1. The van der Waals surface area contributed by atoms with Crippen LogP contribution in [0.1, 0.15) is 54.2 Å². The van der Waals surface area contributed by atoms with Crippen LogP contribution < -0.4 is 4.90 Å². The van der Waals surface area contributed by atoms with Crippen molar-refractivity contribution in [1.82, 2.24) is 19.6 Å². The molecule has 7 nitrogen and oxygen atoms in total. The van der Waals surface area contributed by atoms with Crippen LogP contribution in [0.25, 0.3) is 5.82 Å². The molecule has 0 radical (unpaired) electrons. The number of anilines is 1. The van der Waals surface area contributed by atoms with Crippen LogP contribution >= 0.6 is 0 Å². The number of aromatic nitrogens is 3. The van der Waals surface area contributed by atoms with E-state index in [9.17, 15) is 4.79 Å². The summed E-state index contributed by atoms with van der Waals surface area (Å²) in [6.45, 7) is 10.4. The van der Waals surface area contributed by atoms with E-state index in [-0.39, 0.29) is 11.4 Å². The Bertz CT molecular complexity index is 1110. The lowest BCUT2D eigenvalue weighted by Crippen LogP contribution is -2.53. The average Bonchev–Trinajstić information content (AvgIpc) is 3.47. The Morgan fingerprint density at radius 2 is 2.10 bits per heavy atom. The molecule has 2 aliphatic heterocycles. The molecule has 0 N–H and O–H groups in total. The zero-order chi connectivity index (χ0) is 21.8. The van der Waals surface area contributed by atoms with Crippen molar-refractivity contribution < 1.29 is 9.32 Å². The Hall–Kier alpha value is -3.09. The van der Waals surface area contributed by atoms with Gasteiger partial charge in [0.15, 0.2) is 5.82 Å². The largest absolute Gasteiger partial charge is 0.361 e. The summed E-state index contributed by atoms with van der Waals surface area (Å²) in [5.74, 6) is 2.15. The smallest absolute Gasteiger partial charge is 0.259 e. The normalized spacial score (nSPS) is 19.9. The molecule has 7 heteroatoms. The molecular weight excluding hydrogens is 390 g/mol. The maximum atomic E-state index is 13.4. The number of amides is 1. The Labute approximate surface area is 182 Å². The summed E-state index contributed by atoms with van der Waals surface area (Å²) < 4.78 is 7.47. The van der Waals surface area contributed by atoms with E-state index >= 15 is 0 Å². The molecule has 1 saturated heterocycles. The highest BCUT2D eigenvalue weighted by Crippen LogP contribution is 2.47. The molecule has 5 rings (SSSR count). The van der Waals surface area contributed by atoms with Crippen molar-refractivity contribution in [1.29, 1.82) is 0 Å². The minimum atomic E-state index is -0.275. The number of hydrogen-bond acceptors (Lipinski definition) is 5. The van der Waals surface area contributed by atoms with Crippen molar-refractivity contribution in [2.75, 3.05) is 24.5 Å². The monoisotopic (exact) mass is 419 g/mol. The van der Waals surface area contributed by atoms with Crippen LogP contribution in [-0.4, -0.2) is 45.1 Å². The summed E-state index contributed by atoms with van der Waals surface area (Å²) in [4.78, 5) is 22.6. The number of rotatable bonds is 4. The van der Waals surface area contributed by atoms with E-state index in [1.54, 1.807) is 0 Å². The van der Waals surface area contributed by atoms with Crippen molar-refractivity contribution in [2.45, 2.75) is 46.1 Å². The third-order valence-electron chi connectivity index (χ3n) is 6.74. The van der Waals surface area contributed by atoms with E-state index in [1.807, 2.05) is 31.0 Å². The van der Waals surface area contributed by atoms with E-state index in [0.717, 1.165) is 30.9 Å². The summed E-state index contributed by atoms with van der Waals surface area (Å²) in [5.41, 5.74) is 3.32. The third kappa shape index (κ3) is 2.98. The summed E-state index contributed by atoms with van der Waals surface area (Å²) in [6.07, 6.45) is 5.89. The minimum absolute atomic E-state index is 0.00650. The number of aryl methyl sites for hydroxylation is 2.